The zero-order valence-corrected chi connectivity index (χ0v) is 30.3. The quantitative estimate of drug-likeness (QED) is 0.127. The molecule has 1 radical (unpaired) electrons. The first-order valence-electron chi connectivity index (χ1n) is 16.7. The molecule has 1 aliphatic rings. The summed E-state index contributed by atoms with van der Waals surface area (Å²) in [6.45, 7) is -0.269. The van der Waals surface area contributed by atoms with Crippen LogP contribution in [0.5, 0.6) is 11.5 Å². The number of hydrogen-bond acceptors (Lipinski definition) is 7. The van der Waals surface area contributed by atoms with Gasteiger partial charge < -0.3 is 14.8 Å². The smallest absolute Gasteiger partial charge is 0.416 e. The second-order valence-corrected chi connectivity index (χ2v) is 14.9. The summed E-state index contributed by atoms with van der Waals surface area (Å²) in [5.74, 6) is -0.514. The van der Waals surface area contributed by atoms with Gasteiger partial charge in [0.25, 0.3) is 10.0 Å². The van der Waals surface area contributed by atoms with Gasteiger partial charge in [0.1, 0.15) is 34.4 Å². The van der Waals surface area contributed by atoms with Crippen molar-refractivity contribution in [3.05, 3.63) is 143 Å². The molecule has 1 heterocycles. The second-order valence-electron chi connectivity index (χ2n) is 12.7. The molecule has 3 atom stereocenters. The Kier molecular flexibility index (Phi) is 11.4. The van der Waals surface area contributed by atoms with Crippen molar-refractivity contribution in [2.45, 2.75) is 48.8 Å². The summed E-state index contributed by atoms with van der Waals surface area (Å²) >= 11 is 6.72. The minimum Gasteiger partial charge on any atom is -0.497 e. The SMILES string of the molecule is COc1ccc(CN(c2ccncn2)S(=O)(=O)c2cc(Cl)c(N[C@H]3[CH]C[C@H](c4cccc(C(F)(F)F)c4)C[C@H]3Cc3ccccc3)cc2F)c(OC)c1. The van der Waals surface area contributed by atoms with Gasteiger partial charge in [-0.1, -0.05) is 60.1 Å². The molecule has 0 aliphatic heterocycles. The van der Waals surface area contributed by atoms with Crippen molar-refractivity contribution in [2.24, 2.45) is 5.92 Å². The Morgan fingerprint density at radius 3 is 2.45 bits per heavy atom. The largest absolute Gasteiger partial charge is 0.497 e. The summed E-state index contributed by atoms with van der Waals surface area (Å²) < 4.78 is 97.0. The number of nitrogens with zero attached hydrogens (tertiary/aromatic N) is 3. The number of benzene rings is 4. The van der Waals surface area contributed by atoms with Crippen molar-refractivity contribution in [3.63, 3.8) is 0 Å². The Morgan fingerprint density at radius 2 is 1.75 bits per heavy atom. The fraction of sp³-hybridized carbons (Fsp3) is 0.256. The number of aromatic nitrogens is 2. The van der Waals surface area contributed by atoms with Crippen LogP contribution in [0.4, 0.5) is 29.1 Å². The van der Waals surface area contributed by atoms with Gasteiger partial charge in [-0.05, 0) is 79.0 Å². The predicted octanol–water partition coefficient (Wildman–Crippen LogP) is 9.12. The van der Waals surface area contributed by atoms with Crippen LogP contribution in [0.3, 0.4) is 0 Å². The van der Waals surface area contributed by atoms with Crippen LogP contribution in [-0.2, 0) is 29.2 Å². The van der Waals surface area contributed by atoms with Crippen LogP contribution in [0.1, 0.15) is 41.0 Å². The lowest BCUT2D eigenvalue weighted by Gasteiger charge is -2.38. The van der Waals surface area contributed by atoms with Crippen LogP contribution in [-0.4, -0.2) is 38.6 Å². The van der Waals surface area contributed by atoms with Crippen molar-refractivity contribution in [3.8, 4) is 11.5 Å². The van der Waals surface area contributed by atoms with E-state index in [1.165, 1.54) is 44.9 Å². The Morgan fingerprint density at radius 1 is 0.962 bits per heavy atom. The molecule has 0 amide bonds. The highest BCUT2D eigenvalue weighted by molar-refractivity contribution is 7.92. The molecule has 5 aromatic rings. The lowest BCUT2D eigenvalue weighted by Crippen LogP contribution is -2.37. The average Bonchev–Trinajstić information content (AvgIpc) is 3.16. The Balaban J connectivity index is 1.29. The molecule has 1 aromatic heterocycles. The minimum atomic E-state index is -4.62. The molecule has 1 aliphatic carbocycles. The van der Waals surface area contributed by atoms with Crippen LogP contribution in [0.2, 0.25) is 5.02 Å². The molecule has 1 N–H and O–H groups in total. The summed E-state index contributed by atoms with van der Waals surface area (Å²) in [4.78, 5) is 7.35. The second kappa shape index (κ2) is 16.0. The molecule has 8 nitrogen and oxygen atoms in total. The van der Waals surface area contributed by atoms with E-state index in [1.807, 2.05) is 36.8 Å². The van der Waals surface area contributed by atoms with Gasteiger partial charge in [0.2, 0.25) is 0 Å². The topological polar surface area (TPSA) is 93.7 Å². The van der Waals surface area contributed by atoms with Gasteiger partial charge in [-0.2, -0.15) is 13.2 Å². The van der Waals surface area contributed by atoms with Crippen molar-refractivity contribution in [2.75, 3.05) is 23.8 Å². The molecule has 0 saturated heterocycles. The van der Waals surface area contributed by atoms with E-state index in [9.17, 15) is 21.6 Å². The number of halogens is 5. The van der Waals surface area contributed by atoms with E-state index in [-0.39, 0.29) is 41.0 Å². The first kappa shape index (κ1) is 37.9. The molecule has 277 valence electrons. The van der Waals surface area contributed by atoms with Gasteiger partial charge in [0, 0.05) is 29.9 Å². The number of ether oxygens (including phenoxy) is 2. The zero-order chi connectivity index (χ0) is 37.8. The molecular formula is C39H36ClF4N4O4S. The number of methoxy groups -OCH3 is 2. The Hall–Kier alpha value is -4.88. The van der Waals surface area contributed by atoms with Gasteiger partial charge in [-0.25, -0.2) is 27.1 Å². The maximum absolute atomic E-state index is 16.1. The van der Waals surface area contributed by atoms with E-state index < -0.39 is 32.5 Å². The molecule has 0 unspecified atom stereocenters. The Bertz CT molecular complexity index is 2140. The molecule has 1 saturated carbocycles. The lowest BCUT2D eigenvalue weighted by atomic mass is 9.72. The predicted molar refractivity (Wildman–Crippen MR) is 195 cm³/mol. The highest BCUT2D eigenvalue weighted by Crippen LogP contribution is 2.42. The van der Waals surface area contributed by atoms with Crippen LogP contribution in [0, 0.1) is 18.2 Å². The summed E-state index contributed by atoms with van der Waals surface area (Å²) in [5.41, 5.74) is 1.55. The van der Waals surface area contributed by atoms with E-state index in [0.717, 1.165) is 28.1 Å². The van der Waals surface area contributed by atoms with Crippen LogP contribution >= 0.6 is 11.6 Å². The summed E-state index contributed by atoms with van der Waals surface area (Å²) in [5, 5.41) is 3.27. The first-order chi connectivity index (χ1) is 25.4. The van der Waals surface area contributed by atoms with E-state index in [2.05, 4.69) is 15.3 Å². The van der Waals surface area contributed by atoms with E-state index in [4.69, 9.17) is 21.1 Å². The number of hydrogen-bond donors (Lipinski definition) is 1. The molecule has 0 bridgehead atoms. The maximum atomic E-state index is 16.1. The number of rotatable bonds is 12. The summed E-state index contributed by atoms with van der Waals surface area (Å²) in [6.07, 6.45) is 1.65. The summed E-state index contributed by atoms with van der Waals surface area (Å²) in [7, 11) is -1.69. The molecular weight excluding hydrogens is 732 g/mol. The minimum absolute atomic E-state index is 0.00789. The van der Waals surface area contributed by atoms with Crippen LogP contribution in [0.25, 0.3) is 0 Å². The normalized spacial score (nSPS) is 17.6. The third kappa shape index (κ3) is 8.68. The van der Waals surface area contributed by atoms with Crippen molar-refractivity contribution in [1.29, 1.82) is 0 Å². The fourth-order valence-corrected chi connectivity index (χ4v) is 8.41. The number of alkyl halides is 3. The van der Waals surface area contributed by atoms with Crippen LogP contribution in [0.15, 0.2) is 108 Å². The number of nitrogens with one attached hydrogen (secondary N) is 1. The Labute approximate surface area is 310 Å². The van der Waals surface area contributed by atoms with Gasteiger partial charge in [0.05, 0.1) is 37.0 Å². The first-order valence-corrected chi connectivity index (χ1v) is 18.5. The van der Waals surface area contributed by atoms with E-state index >= 15 is 4.39 Å². The van der Waals surface area contributed by atoms with E-state index in [1.54, 1.807) is 24.3 Å². The van der Waals surface area contributed by atoms with Gasteiger partial charge in [0.15, 0.2) is 0 Å². The standard InChI is InChI=1S/C39H36ClF4N4O4S/c1-51-31-13-11-28(36(20-31)52-2)23-48(38-15-16-45-24-46-38)53(49,50)37-21-32(40)35(22-33(37)41)47-34-14-12-27(18-29(34)17-25-7-4-3-5-8-25)26-9-6-10-30(19-26)39(42,43)44/h3-11,13-16,19-22,24,27,29,34,47H,12,17-18,23H2,1-2H3/t27-,29+,34-/m0/s1. The highest BCUT2D eigenvalue weighted by Gasteiger charge is 2.36. The highest BCUT2D eigenvalue weighted by atomic mass is 35.5. The van der Waals surface area contributed by atoms with E-state index in [0.29, 0.717) is 41.9 Å². The monoisotopic (exact) mass is 767 g/mol. The third-order valence-electron chi connectivity index (χ3n) is 9.34. The van der Waals surface area contributed by atoms with Gasteiger partial charge in [-0.15, -0.1) is 0 Å². The van der Waals surface area contributed by atoms with Crippen LogP contribution < -0.4 is 19.1 Å². The molecule has 6 rings (SSSR count). The van der Waals surface area contributed by atoms with Crippen molar-refractivity contribution in [1.82, 2.24) is 9.97 Å². The molecule has 4 aromatic carbocycles. The van der Waals surface area contributed by atoms with Crippen molar-refractivity contribution >= 4 is 33.1 Å². The molecule has 0 spiro atoms. The molecule has 53 heavy (non-hydrogen) atoms. The third-order valence-corrected chi connectivity index (χ3v) is 11.4. The van der Waals surface area contributed by atoms with Gasteiger partial charge >= 0.3 is 6.18 Å². The van der Waals surface area contributed by atoms with Crippen molar-refractivity contribution < 1.29 is 35.5 Å². The number of sulfonamides is 1. The average molecular weight is 768 g/mol. The number of anilines is 2. The maximum Gasteiger partial charge on any atom is 0.416 e. The zero-order valence-electron chi connectivity index (χ0n) is 28.7. The summed E-state index contributed by atoms with van der Waals surface area (Å²) in [6, 6.07) is 23.1. The fourth-order valence-electron chi connectivity index (χ4n) is 6.65. The van der Waals surface area contributed by atoms with Gasteiger partial charge in [-0.3, -0.25) is 0 Å². The molecule has 14 heteroatoms. The lowest BCUT2D eigenvalue weighted by molar-refractivity contribution is -0.137. The molecule has 1 fully saturated rings.